The average molecular weight is 392 g/mol. The summed E-state index contributed by atoms with van der Waals surface area (Å²) >= 11 is 0. The van der Waals surface area contributed by atoms with Gasteiger partial charge in [0.25, 0.3) is 0 Å². The van der Waals surface area contributed by atoms with Crippen molar-refractivity contribution in [2.75, 3.05) is 0 Å². The number of imidazole rings is 1. The predicted molar refractivity (Wildman–Crippen MR) is 122 cm³/mol. The number of aromatic nitrogens is 2. The summed E-state index contributed by atoms with van der Waals surface area (Å²) in [5.74, 6) is 0. The first-order chi connectivity index (χ1) is 14.3. The molecule has 6 rings (SSSR count). The molecule has 4 aromatic carbocycles. The Morgan fingerprint density at radius 1 is 0.621 bits per heavy atom. The highest BCUT2D eigenvalue weighted by Gasteiger charge is 2.15. The van der Waals surface area contributed by atoms with Crippen molar-refractivity contribution in [2.24, 2.45) is 0 Å². The molecule has 0 spiro atoms. The van der Waals surface area contributed by atoms with Crippen LogP contribution in [0.2, 0.25) is 0 Å². The molecule has 0 saturated heterocycles. The van der Waals surface area contributed by atoms with Crippen molar-refractivity contribution in [3.63, 3.8) is 0 Å². The monoisotopic (exact) mass is 392 g/mol. The van der Waals surface area contributed by atoms with Crippen LogP contribution in [0.3, 0.4) is 0 Å². The number of nitrogens with zero attached hydrogens (tertiary/aromatic N) is 2. The SMILES string of the molecule is O=[PH](c1ccccc1)c1ccc2c(c1)c1ccccc1n1c3ccccc3nc21. The van der Waals surface area contributed by atoms with E-state index in [9.17, 15) is 4.57 Å². The summed E-state index contributed by atoms with van der Waals surface area (Å²) in [6.07, 6.45) is 0. The van der Waals surface area contributed by atoms with Gasteiger partial charge in [-0.3, -0.25) is 4.40 Å². The van der Waals surface area contributed by atoms with E-state index in [2.05, 4.69) is 46.9 Å². The van der Waals surface area contributed by atoms with Crippen LogP contribution in [0.1, 0.15) is 0 Å². The Labute approximate surface area is 168 Å². The topological polar surface area (TPSA) is 34.4 Å². The maximum atomic E-state index is 13.2. The normalized spacial score (nSPS) is 12.8. The van der Waals surface area contributed by atoms with E-state index in [1.54, 1.807) is 0 Å². The fourth-order valence-corrected chi connectivity index (χ4v) is 5.55. The largest absolute Gasteiger partial charge is 0.317 e. The molecule has 138 valence electrons. The van der Waals surface area contributed by atoms with Gasteiger partial charge in [-0.2, -0.15) is 0 Å². The van der Waals surface area contributed by atoms with Gasteiger partial charge in [0, 0.05) is 21.4 Å². The molecular formula is C25H17N2OP. The molecule has 6 aromatic rings. The fraction of sp³-hybridized carbons (Fsp3) is 0. The molecule has 0 saturated carbocycles. The third-order valence-corrected chi connectivity index (χ3v) is 7.25. The fourth-order valence-electron chi connectivity index (χ4n) is 4.21. The molecule has 3 nitrogen and oxygen atoms in total. The van der Waals surface area contributed by atoms with E-state index in [1.165, 1.54) is 0 Å². The second kappa shape index (κ2) is 6.30. The van der Waals surface area contributed by atoms with Crippen molar-refractivity contribution in [3.05, 3.63) is 97.1 Å². The van der Waals surface area contributed by atoms with Gasteiger partial charge < -0.3 is 4.57 Å². The van der Waals surface area contributed by atoms with Crippen LogP contribution in [-0.2, 0) is 4.57 Å². The van der Waals surface area contributed by atoms with Crippen LogP contribution in [0.25, 0.3) is 38.4 Å². The minimum Gasteiger partial charge on any atom is -0.317 e. The third kappa shape index (κ3) is 2.45. The predicted octanol–water partition coefficient (Wildman–Crippen LogP) is 5.30. The Morgan fingerprint density at radius 2 is 1.34 bits per heavy atom. The zero-order valence-electron chi connectivity index (χ0n) is 15.5. The van der Waals surface area contributed by atoms with Gasteiger partial charge >= 0.3 is 0 Å². The number of hydrogen-bond acceptors (Lipinski definition) is 2. The molecule has 0 radical (unpaired) electrons. The van der Waals surface area contributed by atoms with Crippen molar-refractivity contribution < 1.29 is 4.57 Å². The van der Waals surface area contributed by atoms with Crippen molar-refractivity contribution in [2.45, 2.75) is 0 Å². The van der Waals surface area contributed by atoms with Crippen LogP contribution in [0.5, 0.6) is 0 Å². The summed E-state index contributed by atoms with van der Waals surface area (Å²) in [5, 5.41) is 5.07. The number of rotatable bonds is 2. The van der Waals surface area contributed by atoms with Crippen molar-refractivity contribution >= 4 is 56.8 Å². The van der Waals surface area contributed by atoms with E-state index >= 15 is 0 Å². The van der Waals surface area contributed by atoms with Crippen LogP contribution in [0, 0.1) is 0 Å². The zero-order valence-corrected chi connectivity index (χ0v) is 16.5. The van der Waals surface area contributed by atoms with Gasteiger partial charge in [-0.1, -0.05) is 66.7 Å². The summed E-state index contributed by atoms with van der Waals surface area (Å²) < 4.78 is 15.4. The minimum absolute atomic E-state index is 0.874. The van der Waals surface area contributed by atoms with E-state index in [-0.39, 0.29) is 0 Å². The molecule has 1 atom stereocenters. The molecule has 0 aliphatic rings. The molecule has 29 heavy (non-hydrogen) atoms. The van der Waals surface area contributed by atoms with E-state index in [4.69, 9.17) is 4.98 Å². The van der Waals surface area contributed by atoms with Gasteiger partial charge in [0.2, 0.25) is 0 Å². The Hall–Kier alpha value is -3.42. The lowest BCUT2D eigenvalue weighted by atomic mass is 10.1. The second-order valence-electron chi connectivity index (χ2n) is 7.23. The molecule has 2 aromatic heterocycles. The Kier molecular flexibility index (Phi) is 3.59. The quantitative estimate of drug-likeness (QED) is 0.296. The highest BCUT2D eigenvalue weighted by molar-refractivity contribution is 7.61. The van der Waals surface area contributed by atoms with Crippen LogP contribution < -0.4 is 10.6 Å². The number of pyridine rings is 1. The standard InChI is InChI=1S/C25H17N2OP/c28-29(17-8-2-1-3-9-17)18-14-15-20-21(16-18)19-10-4-6-12-23(19)27-24-13-7-5-11-22(24)26-25(20)27/h1-16,29H. The molecule has 0 amide bonds. The van der Waals surface area contributed by atoms with Crippen molar-refractivity contribution in [1.82, 2.24) is 9.38 Å². The van der Waals surface area contributed by atoms with E-state index < -0.39 is 7.80 Å². The second-order valence-corrected chi connectivity index (χ2v) is 9.05. The lowest BCUT2D eigenvalue weighted by Crippen LogP contribution is -2.06. The van der Waals surface area contributed by atoms with Crippen molar-refractivity contribution in [1.29, 1.82) is 0 Å². The first kappa shape index (κ1) is 16.5. The summed E-state index contributed by atoms with van der Waals surface area (Å²) in [6, 6.07) is 32.4. The molecule has 0 aliphatic carbocycles. The Morgan fingerprint density at radius 3 is 2.21 bits per heavy atom. The van der Waals surface area contributed by atoms with Crippen LogP contribution >= 0.6 is 7.80 Å². The molecular weight excluding hydrogens is 375 g/mol. The van der Waals surface area contributed by atoms with Crippen LogP contribution in [0.4, 0.5) is 0 Å². The maximum Gasteiger partial charge on any atom is 0.146 e. The highest BCUT2D eigenvalue weighted by atomic mass is 31.1. The van der Waals surface area contributed by atoms with Crippen molar-refractivity contribution in [3.8, 4) is 0 Å². The molecule has 0 bridgehead atoms. The first-order valence-electron chi connectivity index (χ1n) is 9.63. The maximum absolute atomic E-state index is 13.2. The van der Waals surface area contributed by atoms with Gasteiger partial charge in [0.05, 0.1) is 16.6 Å². The Balaban J connectivity index is 1.73. The summed E-state index contributed by atoms with van der Waals surface area (Å²) in [4.78, 5) is 4.92. The summed E-state index contributed by atoms with van der Waals surface area (Å²) in [6.45, 7) is 0. The molecule has 2 heterocycles. The molecule has 4 heteroatoms. The molecule has 1 unspecified atom stereocenters. The highest BCUT2D eigenvalue weighted by Crippen LogP contribution is 2.33. The number of para-hydroxylation sites is 3. The van der Waals surface area contributed by atoms with Gasteiger partial charge in [0.15, 0.2) is 0 Å². The average Bonchev–Trinajstić information content (AvgIpc) is 3.19. The van der Waals surface area contributed by atoms with Gasteiger partial charge in [-0.05, 0) is 35.7 Å². The van der Waals surface area contributed by atoms with E-state index in [0.717, 1.165) is 49.0 Å². The van der Waals surface area contributed by atoms with Gasteiger partial charge in [-0.15, -0.1) is 0 Å². The van der Waals surface area contributed by atoms with Crippen LogP contribution in [-0.4, -0.2) is 9.38 Å². The molecule has 0 aliphatic heterocycles. The lowest BCUT2D eigenvalue weighted by Gasteiger charge is -2.11. The van der Waals surface area contributed by atoms with Crippen LogP contribution in [0.15, 0.2) is 97.1 Å². The number of fused-ring (bicyclic) bond motifs is 8. The molecule has 0 N–H and O–H groups in total. The van der Waals surface area contributed by atoms with Gasteiger partial charge in [-0.25, -0.2) is 4.98 Å². The molecule has 0 fully saturated rings. The Bertz CT molecular complexity index is 1570. The minimum atomic E-state index is -2.06. The summed E-state index contributed by atoms with van der Waals surface area (Å²) in [5.41, 5.74) is 4.13. The smallest absolute Gasteiger partial charge is 0.146 e. The first-order valence-corrected chi connectivity index (χ1v) is 11.0. The third-order valence-electron chi connectivity index (χ3n) is 5.55. The number of benzene rings is 4. The van der Waals surface area contributed by atoms with E-state index in [1.807, 2.05) is 54.6 Å². The van der Waals surface area contributed by atoms with Gasteiger partial charge in [0.1, 0.15) is 13.4 Å². The zero-order chi connectivity index (χ0) is 19.4. The lowest BCUT2D eigenvalue weighted by molar-refractivity contribution is 0.598. The summed E-state index contributed by atoms with van der Waals surface area (Å²) in [7, 11) is -2.06. The van der Waals surface area contributed by atoms with E-state index in [0.29, 0.717) is 0 Å². The number of hydrogen-bond donors (Lipinski definition) is 0.